The predicted octanol–water partition coefficient (Wildman–Crippen LogP) is 6.06. The minimum atomic E-state index is -0.444. The fraction of sp³-hybridized carbons (Fsp3) is 0.250. The lowest BCUT2D eigenvalue weighted by Crippen LogP contribution is -2.29. The zero-order valence-electron chi connectivity index (χ0n) is 24.0. The van der Waals surface area contributed by atoms with Crippen LogP contribution in [0.25, 0.3) is 11.3 Å². The zero-order valence-corrected chi connectivity index (χ0v) is 24.7. The maximum atomic E-state index is 15.1. The number of halogens is 2. The Kier molecular flexibility index (Phi) is 8.80. The highest BCUT2D eigenvalue weighted by Crippen LogP contribution is 2.36. The molecule has 1 aliphatic heterocycles. The number of hydrogen-bond acceptors (Lipinski definition) is 7. The molecule has 1 aliphatic rings. The maximum absolute atomic E-state index is 15.1. The Morgan fingerprint density at radius 3 is 2.57 bits per heavy atom. The fourth-order valence-electron chi connectivity index (χ4n) is 4.87. The quantitative estimate of drug-likeness (QED) is 0.257. The second kappa shape index (κ2) is 12.7. The molecule has 0 bridgehead atoms. The lowest BCUT2D eigenvalue weighted by atomic mass is 9.94. The number of carbonyl (C=O) groups is 1. The van der Waals surface area contributed by atoms with Crippen LogP contribution in [0.15, 0.2) is 71.9 Å². The van der Waals surface area contributed by atoms with Crippen LogP contribution in [0.2, 0.25) is 5.02 Å². The first-order chi connectivity index (χ1) is 20.2. The summed E-state index contributed by atoms with van der Waals surface area (Å²) in [4.78, 5) is 30.8. The van der Waals surface area contributed by atoms with Crippen LogP contribution in [0.1, 0.15) is 33.5 Å². The van der Waals surface area contributed by atoms with Crippen molar-refractivity contribution in [3.05, 3.63) is 100.0 Å². The number of methoxy groups -OCH3 is 1. The van der Waals surface area contributed by atoms with Crippen LogP contribution in [0.5, 0.6) is 5.75 Å². The van der Waals surface area contributed by atoms with Crippen molar-refractivity contribution in [2.75, 3.05) is 46.7 Å². The first-order valence-electron chi connectivity index (χ1n) is 13.6. The lowest BCUT2D eigenvalue weighted by molar-refractivity contribution is 0.0790. The molecular formula is C32H32ClFN6O2. The molecule has 2 heterocycles. The Morgan fingerprint density at radius 2 is 1.83 bits per heavy atom. The largest absolute Gasteiger partial charge is 0.496 e. The van der Waals surface area contributed by atoms with Gasteiger partial charge in [0.25, 0.3) is 5.91 Å². The number of benzene rings is 3. The van der Waals surface area contributed by atoms with Crippen molar-refractivity contribution in [1.29, 1.82) is 0 Å². The van der Waals surface area contributed by atoms with E-state index < -0.39 is 5.82 Å². The molecule has 0 atom stereocenters. The van der Waals surface area contributed by atoms with E-state index >= 15 is 4.39 Å². The number of carbonyl (C=O) groups excluding carboxylic acids is 1. The van der Waals surface area contributed by atoms with Gasteiger partial charge in [-0.15, -0.1) is 0 Å². The molecule has 0 radical (unpaired) electrons. The first kappa shape index (κ1) is 29.2. The number of aromatic nitrogens is 2. The van der Waals surface area contributed by atoms with Crippen LogP contribution in [-0.4, -0.2) is 72.7 Å². The van der Waals surface area contributed by atoms with Gasteiger partial charge in [0.05, 0.1) is 30.6 Å². The number of anilines is 2. The fourth-order valence-corrected chi connectivity index (χ4v) is 5.05. The number of nitrogens with zero attached hydrogens (tertiary/aromatic N) is 5. The predicted molar refractivity (Wildman–Crippen MR) is 165 cm³/mol. The normalized spacial score (nSPS) is 12.2. The van der Waals surface area contributed by atoms with Crippen LogP contribution in [0, 0.1) is 5.82 Å². The minimum absolute atomic E-state index is 0.0286. The van der Waals surface area contributed by atoms with Gasteiger partial charge in [-0.3, -0.25) is 9.79 Å². The summed E-state index contributed by atoms with van der Waals surface area (Å²) in [6.45, 7) is 1.85. The number of fused-ring (bicyclic) bond motifs is 3. The van der Waals surface area contributed by atoms with Crippen LogP contribution < -0.4 is 10.1 Å². The van der Waals surface area contributed by atoms with Gasteiger partial charge >= 0.3 is 0 Å². The number of nitrogens with one attached hydrogen (secondary N) is 1. The van der Waals surface area contributed by atoms with Gasteiger partial charge in [0.2, 0.25) is 5.95 Å². The molecule has 8 nitrogen and oxygen atoms in total. The van der Waals surface area contributed by atoms with Crippen molar-refractivity contribution in [1.82, 2.24) is 19.8 Å². The van der Waals surface area contributed by atoms with Gasteiger partial charge in [-0.2, -0.15) is 0 Å². The summed E-state index contributed by atoms with van der Waals surface area (Å²) in [5.41, 5.74) is 4.88. The van der Waals surface area contributed by atoms with E-state index in [1.54, 1.807) is 47.5 Å². The maximum Gasteiger partial charge on any atom is 0.253 e. The smallest absolute Gasteiger partial charge is 0.253 e. The highest BCUT2D eigenvalue weighted by atomic mass is 35.5. The van der Waals surface area contributed by atoms with Crippen molar-refractivity contribution in [2.24, 2.45) is 4.99 Å². The van der Waals surface area contributed by atoms with E-state index in [9.17, 15) is 4.79 Å². The van der Waals surface area contributed by atoms with Crippen molar-refractivity contribution in [2.45, 2.75) is 13.0 Å². The van der Waals surface area contributed by atoms with Crippen molar-refractivity contribution in [3.63, 3.8) is 0 Å². The summed E-state index contributed by atoms with van der Waals surface area (Å²) >= 11 is 6.40. The molecule has 1 amide bonds. The molecule has 10 heteroatoms. The number of aliphatic imine (C=N–C) groups is 1. The average molecular weight is 587 g/mol. The molecule has 1 aromatic heterocycles. The van der Waals surface area contributed by atoms with E-state index in [2.05, 4.69) is 15.2 Å². The molecule has 0 unspecified atom stereocenters. The molecule has 0 saturated carbocycles. The summed E-state index contributed by atoms with van der Waals surface area (Å²) in [6, 6.07) is 17.3. The number of hydrogen-bond donors (Lipinski definition) is 1. The molecule has 1 N–H and O–H groups in total. The van der Waals surface area contributed by atoms with Crippen molar-refractivity contribution < 1.29 is 13.9 Å². The minimum Gasteiger partial charge on any atom is -0.496 e. The van der Waals surface area contributed by atoms with Crippen molar-refractivity contribution >= 4 is 34.9 Å². The van der Waals surface area contributed by atoms with E-state index in [4.69, 9.17) is 26.3 Å². The summed E-state index contributed by atoms with van der Waals surface area (Å²) in [5.74, 6) is 0.279. The molecule has 3 aromatic carbocycles. The molecule has 42 heavy (non-hydrogen) atoms. The van der Waals surface area contributed by atoms with Gasteiger partial charge in [-0.1, -0.05) is 23.7 Å². The van der Waals surface area contributed by atoms with Gasteiger partial charge < -0.3 is 19.9 Å². The van der Waals surface area contributed by atoms with E-state index in [-0.39, 0.29) is 18.0 Å². The van der Waals surface area contributed by atoms with Crippen molar-refractivity contribution in [3.8, 4) is 17.0 Å². The molecule has 0 fully saturated rings. The summed E-state index contributed by atoms with van der Waals surface area (Å²) in [6.07, 6.45) is 2.62. The highest BCUT2D eigenvalue weighted by molar-refractivity contribution is 6.31. The molecule has 0 saturated heterocycles. The Bertz CT molecular complexity index is 1640. The van der Waals surface area contributed by atoms with Gasteiger partial charge in [0.15, 0.2) is 0 Å². The van der Waals surface area contributed by atoms with Crippen LogP contribution >= 0.6 is 11.6 Å². The molecule has 0 aliphatic carbocycles. The Balaban J connectivity index is 1.41. The lowest BCUT2D eigenvalue weighted by Gasteiger charge is -2.19. The Morgan fingerprint density at radius 1 is 1.05 bits per heavy atom. The molecule has 5 rings (SSSR count). The third-order valence-corrected chi connectivity index (χ3v) is 7.26. The monoisotopic (exact) mass is 586 g/mol. The van der Waals surface area contributed by atoms with Crippen LogP contribution in [0.3, 0.4) is 0 Å². The van der Waals surface area contributed by atoms with Crippen LogP contribution in [0.4, 0.5) is 16.0 Å². The standard InChI is InChI=1S/C32H32ClFN6O2/c1-39(2)15-6-16-40(3)31(41)20-9-12-23(13-10-20)37-32-36-19-21-18-35-30(28-26(34)7-5-8-27(28)42-4)25-17-22(33)11-14-24(25)29(21)38-32/h5,7-14,17,19H,6,15-16,18H2,1-4H3,(H,36,37,38). The topological polar surface area (TPSA) is 83.0 Å². The summed E-state index contributed by atoms with van der Waals surface area (Å²) in [5, 5.41) is 3.72. The molecule has 4 aromatic rings. The summed E-state index contributed by atoms with van der Waals surface area (Å²) < 4.78 is 20.6. The summed E-state index contributed by atoms with van der Waals surface area (Å²) in [7, 11) is 7.35. The molecule has 0 spiro atoms. The zero-order chi connectivity index (χ0) is 29.8. The third-order valence-electron chi connectivity index (χ3n) is 7.03. The SMILES string of the molecule is COc1cccc(F)c1C1=NCc2cnc(Nc3ccc(C(=O)N(C)CCCN(C)C)cc3)nc2-c2ccc(Cl)cc21. The first-order valence-corrected chi connectivity index (χ1v) is 13.9. The molecular weight excluding hydrogens is 555 g/mol. The number of ether oxygens (including phenoxy) is 1. The second-order valence-corrected chi connectivity index (χ2v) is 10.8. The van der Waals surface area contributed by atoms with E-state index in [1.165, 1.54) is 13.2 Å². The van der Waals surface area contributed by atoms with Crippen LogP contribution in [-0.2, 0) is 6.54 Å². The third kappa shape index (κ3) is 6.27. The number of amides is 1. The molecule has 216 valence electrons. The average Bonchev–Trinajstić information content (AvgIpc) is 3.13. The number of rotatable bonds is 9. The van der Waals surface area contributed by atoms with E-state index in [0.29, 0.717) is 45.8 Å². The Hall–Kier alpha value is -4.34. The second-order valence-electron chi connectivity index (χ2n) is 10.3. The van der Waals surface area contributed by atoms with E-state index in [0.717, 1.165) is 29.8 Å². The van der Waals surface area contributed by atoms with Gasteiger partial charge in [-0.25, -0.2) is 14.4 Å². The van der Waals surface area contributed by atoms with Gasteiger partial charge in [0, 0.05) is 52.8 Å². The van der Waals surface area contributed by atoms with E-state index in [1.807, 2.05) is 39.3 Å². The highest BCUT2D eigenvalue weighted by Gasteiger charge is 2.25. The van der Waals surface area contributed by atoms with Gasteiger partial charge in [-0.05, 0) is 75.6 Å². The Labute approximate surface area is 249 Å². The van der Waals surface area contributed by atoms with Gasteiger partial charge in [0.1, 0.15) is 11.6 Å².